The molecule has 31 heavy (non-hydrogen) atoms. The van der Waals surface area contributed by atoms with Crippen LogP contribution < -0.4 is 9.46 Å². The molecule has 1 saturated heterocycles. The lowest BCUT2D eigenvalue weighted by Gasteiger charge is -2.28. The Kier molecular flexibility index (Phi) is 5.94. The Hall–Kier alpha value is -2.58. The molecule has 2 aliphatic rings. The van der Waals surface area contributed by atoms with Gasteiger partial charge in [0, 0.05) is 24.2 Å². The average Bonchev–Trinajstić information content (AvgIpc) is 2.91. The molecule has 4 rings (SSSR count). The van der Waals surface area contributed by atoms with Crippen molar-refractivity contribution in [3.8, 4) is 11.6 Å². The van der Waals surface area contributed by atoms with Crippen LogP contribution in [0.2, 0.25) is 0 Å². The van der Waals surface area contributed by atoms with Crippen LogP contribution in [0.15, 0.2) is 60.8 Å². The summed E-state index contributed by atoms with van der Waals surface area (Å²) in [5, 5.41) is 0. The zero-order valence-electron chi connectivity index (χ0n) is 17.1. The summed E-state index contributed by atoms with van der Waals surface area (Å²) >= 11 is 0. The van der Waals surface area contributed by atoms with E-state index < -0.39 is 15.9 Å². The predicted molar refractivity (Wildman–Crippen MR) is 115 cm³/mol. The molecule has 2 aromatic rings. The molecule has 1 aliphatic carbocycles. The summed E-state index contributed by atoms with van der Waals surface area (Å²) in [5.41, 5.74) is 1.63. The van der Waals surface area contributed by atoms with Gasteiger partial charge in [0.05, 0.1) is 11.8 Å². The molecular weight excluding hydrogens is 422 g/mol. The molecule has 164 valence electrons. The van der Waals surface area contributed by atoms with Crippen LogP contribution in [0, 0.1) is 5.92 Å². The van der Waals surface area contributed by atoms with Gasteiger partial charge in [-0.05, 0) is 48.1 Å². The summed E-state index contributed by atoms with van der Waals surface area (Å²) in [6.45, 7) is 1.42. The Labute approximate surface area is 180 Å². The minimum atomic E-state index is -3.32. The van der Waals surface area contributed by atoms with E-state index >= 15 is 0 Å². The highest BCUT2D eigenvalue weighted by atomic mass is 32.2. The second-order valence-corrected chi connectivity index (χ2v) is 9.67. The molecule has 1 fully saturated rings. The molecular formula is C23H24F2N2O3S. The Morgan fingerprint density at radius 3 is 2.74 bits per heavy atom. The van der Waals surface area contributed by atoms with Crippen molar-refractivity contribution in [2.24, 2.45) is 5.92 Å². The summed E-state index contributed by atoms with van der Waals surface area (Å²) in [7, 11) is -3.32. The molecule has 8 heteroatoms. The minimum Gasteiger partial charge on any atom is -0.439 e. The average molecular weight is 447 g/mol. The van der Waals surface area contributed by atoms with E-state index in [-0.39, 0.29) is 35.6 Å². The Morgan fingerprint density at radius 2 is 2.00 bits per heavy atom. The molecule has 0 spiro atoms. The molecule has 0 amide bonds. The lowest BCUT2D eigenvalue weighted by molar-refractivity contribution is -0.00855. The number of hydrogen-bond donors (Lipinski definition) is 1. The second-order valence-electron chi connectivity index (χ2n) is 7.79. The largest absolute Gasteiger partial charge is 0.439 e. The van der Waals surface area contributed by atoms with Gasteiger partial charge in [-0.3, -0.25) is 0 Å². The molecule has 0 bridgehead atoms. The number of alkyl halides is 2. The van der Waals surface area contributed by atoms with Crippen molar-refractivity contribution in [2.75, 3.05) is 5.75 Å². The number of halogens is 2. The van der Waals surface area contributed by atoms with Crippen LogP contribution in [0.5, 0.6) is 11.6 Å². The van der Waals surface area contributed by atoms with Crippen molar-refractivity contribution in [2.45, 2.75) is 38.2 Å². The van der Waals surface area contributed by atoms with E-state index in [2.05, 4.69) is 9.71 Å². The number of pyridine rings is 1. The molecule has 2 heterocycles. The molecule has 2 unspecified atom stereocenters. The van der Waals surface area contributed by atoms with Crippen molar-refractivity contribution in [1.82, 2.24) is 9.71 Å². The number of benzene rings is 1. The van der Waals surface area contributed by atoms with Gasteiger partial charge in [-0.25, -0.2) is 26.9 Å². The monoisotopic (exact) mass is 446 g/mol. The molecule has 1 N–H and O–H groups in total. The Balaban J connectivity index is 1.54. The summed E-state index contributed by atoms with van der Waals surface area (Å²) in [6.07, 6.45) is 8.36. The van der Waals surface area contributed by atoms with Crippen LogP contribution >= 0.6 is 0 Å². The third-order valence-corrected chi connectivity index (χ3v) is 7.10. The fourth-order valence-corrected chi connectivity index (χ4v) is 5.28. The molecule has 5 nitrogen and oxygen atoms in total. The van der Waals surface area contributed by atoms with Gasteiger partial charge in [0.25, 0.3) is 5.92 Å². The third kappa shape index (κ3) is 4.85. The van der Waals surface area contributed by atoms with Crippen LogP contribution in [0.25, 0.3) is 5.57 Å². The van der Waals surface area contributed by atoms with Gasteiger partial charge in [0.1, 0.15) is 5.75 Å². The molecule has 1 aliphatic heterocycles. The first-order chi connectivity index (χ1) is 14.8. The fourth-order valence-electron chi connectivity index (χ4n) is 3.93. The van der Waals surface area contributed by atoms with Crippen LogP contribution in [0.3, 0.4) is 0 Å². The van der Waals surface area contributed by atoms with E-state index in [1.54, 1.807) is 12.1 Å². The van der Waals surface area contributed by atoms with E-state index in [1.807, 2.05) is 30.4 Å². The van der Waals surface area contributed by atoms with E-state index in [1.165, 1.54) is 25.3 Å². The summed E-state index contributed by atoms with van der Waals surface area (Å²) in [6, 6.07) is 9.34. The topological polar surface area (TPSA) is 68.3 Å². The molecule has 1 aromatic heterocycles. The predicted octanol–water partition coefficient (Wildman–Crippen LogP) is 5.03. The number of allylic oxidation sites excluding steroid dienone is 2. The molecule has 2 atom stereocenters. The number of rotatable bonds is 5. The maximum absolute atomic E-state index is 13.9. The summed E-state index contributed by atoms with van der Waals surface area (Å²) in [5.74, 6) is -2.14. The lowest BCUT2D eigenvalue weighted by atomic mass is 9.83. The number of fused-ring (bicyclic) bond motifs is 1. The molecule has 0 saturated carbocycles. The van der Waals surface area contributed by atoms with Crippen LogP contribution in [-0.2, 0) is 15.9 Å². The van der Waals surface area contributed by atoms with Crippen molar-refractivity contribution >= 4 is 15.6 Å². The van der Waals surface area contributed by atoms with E-state index in [0.29, 0.717) is 12.2 Å². The molecule has 1 aromatic carbocycles. The summed E-state index contributed by atoms with van der Waals surface area (Å²) < 4.78 is 60.8. The van der Waals surface area contributed by atoms with Gasteiger partial charge in [-0.15, -0.1) is 0 Å². The zero-order chi connectivity index (χ0) is 22.1. The first-order valence-corrected chi connectivity index (χ1v) is 11.9. The number of sulfonamides is 1. The SMILES string of the molecule is CCC(F)(F)c1ccnc(Oc2ccc(C3=CC=CC4CCCS(=O)(=O)NC34)cc2)c1. The highest BCUT2D eigenvalue weighted by Crippen LogP contribution is 2.35. The van der Waals surface area contributed by atoms with Crippen LogP contribution in [0.1, 0.15) is 37.3 Å². The zero-order valence-corrected chi connectivity index (χ0v) is 17.9. The summed E-state index contributed by atoms with van der Waals surface area (Å²) in [4.78, 5) is 4.02. The fraction of sp³-hybridized carbons (Fsp3) is 0.348. The highest BCUT2D eigenvalue weighted by molar-refractivity contribution is 7.89. The third-order valence-electron chi connectivity index (χ3n) is 5.67. The smallest absolute Gasteiger partial charge is 0.273 e. The van der Waals surface area contributed by atoms with E-state index in [4.69, 9.17) is 4.74 Å². The second kappa shape index (κ2) is 8.51. The quantitative estimate of drug-likeness (QED) is 0.700. The van der Waals surface area contributed by atoms with E-state index in [0.717, 1.165) is 17.6 Å². The number of nitrogens with one attached hydrogen (secondary N) is 1. The number of aromatic nitrogens is 1. The van der Waals surface area contributed by atoms with Crippen molar-refractivity contribution in [1.29, 1.82) is 0 Å². The van der Waals surface area contributed by atoms with Gasteiger partial charge < -0.3 is 4.74 Å². The number of ether oxygens (including phenoxy) is 1. The Morgan fingerprint density at radius 1 is 1.23 bits per heavy atom. The van der Waals surface area contributed by atoms with Gasteiger partial charge in [-0.1, -0.05) is 37.3 Å². The van der Waals surface area contributed by atoms with Crippen LogP contribution in [0.4, 0.5) is 8.78 Å². The lowest BCUT2D eigenvalue weighted by Crippen LogP contribution is -2.40. The van der Waals surface area contributed by atoms with Gasteiger partial charge in [0.15, 0.2) is 0 Å². The first kappa shape index (κ1) is 21.6. The standard InChI is InChI=1S/C23H24F2N2O3S/c1-2-23(24,25)18-12-13-26-21(15-18)30-19-10-8-16(9-11-19)20-7-3-5-17-6-4-14-31(28,29)27-22(17)20/h3,5,7-13,15,17,22,27H,2,4,6,14H2,1H3. The first-order valence-electron chi connectivity index (χ1n) is 10.3. The van der Waals surface area contributed by atoms with Crippen molar-refractivity contribution < 1.29 is 21.9 Å². The van der Waals surface area contributed by atoms with E-state index in [9.17, 15) is 17.2 Å². The van der Waals surface area contributed by atoms with Crippen molar-refractivity contribution in [3.63, 3.8) is 0 Å². The van der Waals surface area contributed by atoms with Gasteiger partial charge in [0.2, 0.25) is 15.9 Å². The van der Waals surface area contributed by atoms with Gasteiger partial charge >= 0.3 is 0 Å². The number of hydrogen-bond acceptors (Lipinski definition) is 4. The number of nitrogens with zero attached hydrogens (tertiary/aromatic N) is 1. The Bertz CT molecular complexity index is 1110. The highest BCUT2D eigenvalue weighted by Gasteiger charge is 2.33. The maximum Gasteiger partial charge on any atom is 0.273 e. The minimum absolute atomic E-state index is 0.0924. The van der Waals surface area contributed by atoms with Gasteiger partial charge in [-0.2, -0.15) is 0 Å². The normalized spacial score (nSPS) is 22.9. The molecule has 0 radical (unpaired) electrons. The van der Waals surface area contributed by atoms with Crippen molar-refractivity contribution in [3.05, 3.63) is 72.0 Å². The maximum atomic E-state index is 13.9. The van der Waals surface area contributed by atoms with Crippen LogP contribution in [-0.4, -0.2) is 25.2 Å².